The number of carbonyl (C=O) groups is 3. The zero-order valence-electron chi connectivity index (χ0n) is 30.2. The van der Waals surface area contributed by atoms with Gasteiger partial charge in [0, 0.05) is 54.0 Å². The zero-order valence-corrected chi connectivity index (χ0v) is 32.8. The Bertz CT molecular complexity index is 1740. The van der Waals surface area contributed by atoms with Gasteiger partial charge in [0.25, 0.3) is 0 Å². The molecule has 2 heterocycles. The van der Waals surface area contributed by atoms with Crippen molar-refractivity contribution >= 4 is 54.9 Å². The van der Waals surface area contributed by atoms with Crippen molar-refractivity contribution in [3.05, 3.63) is 98.8 Å². The van der Waals surface area contributed by atoms with E-state index in [1.54, 1.807) is 75.2 Å². The Hall–Kier alpha value is -3.44. The number of likely N-dealkylation sites (tertiary alicyclic amines) is 1. The maximum Gasteiger partial charge on any atom is 0.407 e. The number of nitrogens with one attached hydrogen (secondary N) is 2. The summed E-state index contributed by atoms with van der Waals surface area (Å²) in [6.45, 7) is 16.3. The topological polar surface area (TPSA) is 97.0 Å². The predicted molar refractivity (Wildman–Crippen MR) is 200 cm³/mol. The van der Waals surface area contributed by atoms with Crippen LogP contribution in [0.5, 0.6) is 0 Å². The fourth-order valence-corrected chi connectivity index (χ4v) is 7.72. The lowest BCUT2D eigenvalue weighted by molar-refractivity contribution is -0.145. The summed E-state index contributed by atoms with van der Waals surface area (Å²) in [6, 6.07) is 15.8. The highest BCUT2D eigenvalue weighted by atomic mass is 35.5. The van der Waals surface area contributed by atoms with Gasteiger partial charge in [-0.2, -0.15) is 0 Å². The van der Waals surface area contributed by atoms with Gasteiger partial charge in [-0.15, -0.1) is 0 Å². The number of methoxy groups -OCH3 is 1. The third kappa shape index (κ3) is 8.53. The minimum Gasteiger partial charge on any atom is -0.444 e. The van der Waals surface area contributed by atoms with Crippen molar-refractivity contribution in [1.29, 1.82) is 0 Å². The molecule has 0 saturated carbocycles. The average molecular weight is 745 g/mol. The third-order valence-electron chi connectivity index (χ3n) is 9.42. The van der Waals surface area contributed by atoms with Crippen LogP contribution in [0.4, 0.5) is 14.9 Å². The van der Waals surface area contributed by atoms with E-state index >= 15 is 0 Å². The molecular formula is C38H48Cl2FN3O5Si. The number of benzene rings is 3. The molecule has 8 nitrogen and oxygen atoms in total. The molecule has 0 bridgehead atoms. The number of amides is 3. The van der Waals surface area contributed by atoms with Gasteiger partial charge < -0.3 is 25.0 Å². The molecule has 1 spiro atoms. The molecular weight excluding hydrogens is 696 g/mol. The molecule has 2 aliphatic rings. The summed E-state index contributed by atoms with van der Waals surface area (Å²) in [5, 5.41) is 6.59. The molecule has 2 N–H and O–H groups in total. The molecule has 1 unspecified atom stereocenters. The van der Waals surface area contributed by atoms with Crippen LogP contribution in [-0.2, 0) is 24.5 Å². The van der Waals surface area contributed by atoms with Crippen LogP contribution in [0, 0.1) is 12.7 Å². The van der Waals surface area contributed by atoms with E-state index in [0.29, 0.717) is 38.2 Å². The van der Waals surface area contributed by atoms with Crippen LogP contribution in [0.3, 0.4) is 0 Å². The van der Waals surface area contributed by atoms with Crippen LogP contribution in [0.15, 0.2) is 60.7 Å². The standard InChI is InChI=1S/C32H32Cl2FN3O4.C6H16OSi/c1-18-8-10-22(35)16-23(18)25-17-27(39)38(13-12-36-30(41)42-31(2,3)4)28(19-6-5-7-20(33)14-19)32(25)24-11-9-21(34)15-26(24)37-29(32)40;1-6(7-2)8(3,4)5/h5-11,14-16,25,28H,12-13,17H2,1-4H3,(H,36,41)(H,37,40);6H,1-5H3/t25-,28+,32-;/m1./s1. The van der Waals surface area contributed by atoms with Crippen LogP contribution in [0.2, 0.25) is 29.7 Å². The molecule has 0 aromatic heterocycles. The summed E-state index contributed by atoms with van der Waals surface area (Å²) in [5.74, 6) is -1.77. The number of carbonyl (C=O) groups excluding carboxylic acids is 3. The van der Waals surface area contributed by atoms with Gasteiger partial charge in [-0.3, -0.25) is 9.59 Å². The normalized spacial score (nSPS) is 20.8. The van der Waals surface area contributed by atoms with Crippen molar-refractivity contribution in [3.8, 4) is 0 Å². The first-order valence-electron chi connectivity index (χ1n) is 16.7. The second kappa shape index (κ2) is 15.4. The van der Waals surface area contributed by atoms with Crippen molar-refractivity contribution in [2.45, 2.75) is 89.4 Å². The minimum atomic E-state index is -1.37. The number of hydrogen-bond donors (Lipinski definition) is 2. The van der Waals surface area contributed by atoms with Gasteiger partial charge in [-0.1, -0.05) is 67.1 Å². The number of halogens is 3. The SMILES string of the molecule is COC(C)[Si](C)(C)C.Cc1ccc(F)cc1[C@H]1CC(=O)N(CCNC(=O)OC(C)(C)C)[C@@H](c2cccc(Cl)c2)[C@]12C(=O)Nc1cc(Cl)ccc12. The summed E-state index contributed by atoms with van der Waals surface area (Å²) in [6.07, 6.45) is -0.684. The first-order valence-corrected chi connectivity index (χ1v) is 21.0. The van der Waals surface area contributed by atoms with Crippen LogP contribution in [0.25, 0.3) is 0 Å². The molecule has 0 aliphatic carbocycles. The molecule has 12 heteroatoms. The van der Waals surface area contributed by atoms with Crippen LogP contribution >= 0.6 is 23.2 Å². The van der Waals surface area contributed by atoms with Gasteiger partial charge in [0.1, 0.15) is 16.8 Å². The lowest BCUT2D eigenvalue weighted by Gasteiger charge is -2.52. The third-order valence-corrected chi connectivity index (χ3v) is 12.6. The second-order valence-corrected chi connectivity index (χ2v) is 21.4. The minimum absolute atomic E-state index is 0.0662. The molecule has 0 radical (unpaired) electrons. The Balaban J connectivity index is 0.000000627. The fourth-order valence-electron chi connectivity index (χ4n) is 6.64. The summed E-state index contributed by atoms with van der Waals surface area (Å²) in [5.41, 5.74) is 1.55. The molecule has 3 amide bonds. The average Bonchev–Trinajstić information content (AvgIpc) is 3.29. The van der Waals surface area contributed by atoms with Gasteiger partial charge in [0.15, 0.2) is 0 Å². The van der Waals surface area contributed by atoms with E-state index in [2.05, 4.69) is 37.2 Å². The van der Waals surface area contributed by atoms with Crippen molar-refractivity contribution < 1.29 is 28.2 Å². The summed E-state index contributed by atoms with van der Waals surface area (Å²) >= 11 is 12.8. The van der Waals surface area contributed by atoms with Crippen LogP contribution in [-0.4, -0.2) is 62.4 Å². The summed E-state index contributed by atoms with van der Waals surface area (Å²) in [4.78, 5) is 42.5. The smallest absolute Gasteiger partial charge is 0.407 e. The van der Waals surface area contributed by atoms with Gasteiger partial charge in [-0.05, 0) is 93.3 Å². The number of fused-ring (bicyclic) bond motifs is 2. The highest BCUT2D eigenvalue weighted by Gasteiger charge is 2.63. The predicted octanol–water partition coefficient (Wildman–Crippen LogP) is 8.81. The number of anilines is 1. The zero-order chi connectivity index (χ0) is 37.2. The Morgan fingerprint density at radius 1 is 1.08 bits per heavy atom. The Labute approximate surface area is 306 Å². The number of aryl methyl sites for hydroxylation is 1. The monoisotopic (exact) mass is 743 g/mol. The van der Waals surface area contributed by atoms with E-state index in [-0.39, 0.29) is 31.3 Å². The van der Waals surface area contributed by atoms with E-state index in [1.165, 1.54) is 12.1 Å². The highest BCUT2D eigenvalue weighted by Crippen LogP contribution is 2.60. The Morgan fingerprint density at radius 3 is 2.36 bits per heavy atom. The molecule has 1 fully saturated rings. The molecule has 5 rings (SSSR count). The van der Waals surface area contributed by atoms with Gasteiger partial charge >= 0.3 is 6.09 Å². The quantitative estimate of drug-likeness (QED) is 0.236. The summed E-state index contributed by atoms with van der Waals surface area (Å²) < 4.78 is 25.3. The van der Waals surface area contributed by atoms with Crippen LogP contribution < -0.4 is 10.6 Å². The molecule has 50 heavy (non-hydrogen) atoms. The lowest BCUT2D eigenvalue weighted by atomic mass is 9.58. The number of alkyl carbamates (subject to hydrolysis) is 1. The fraction of sp³-hybridized carbons (Fsp3) is 0.447. The van der Waals surface area contributed by atoms with Crippen molar-refractivity contribution in [3.63, 3.8) is 0 Å². The molecule has 3 aromatic rings. The molecule has 1 saturated heterocycles. The van der Waals surface area contributed by atoms with E-state index in [1.807, 2.05) is 13.0 Å². The van der Waals surface area contributed by atoms with Crippen molar-refractivity contribution in [2.75, 3.05) is 25.5 Å². The Morgan fingerprint density at radius 2 is 1.76 bits per heavy atom. The molecule has 3 aromatic carbocycles. The Kier molecular flexibility index (Phi) is 12.1. The maximum atomic E-state index is 14.7. The second-order valence-electron chi connectivity index (χ2n) is 15.0. The molecule has 270 valence electrons. The van der Waals surface area contributed by atoms with E-state index in [9.17, 15) is 18.8 Å². The van der Waals surface area contributed by atoms with Crippen LogP contribution in [0.1, 0.15) is 68.3 Å². The highest BCUT2D eigenvalue weighted by molar-refractivity contribution is 6.77. The van der Waals surface area contributed by atoms with Gasteiger partial charge in [-0.25, -0.2) is 9.18 Å². The molecule has 2 aliphatic heterocycles. The van der Waals surface area contributed by atoms with E-state index in [0.717, 1.165) is 5.56 Å². The van der Waals surface area contributed by atoms with Gasteiger partial charge in [0.05, 0.1) is 14.1 Å². The maximum absolute atomic E-state index is 14.7. The van der Waals surface area contributed by atoms with Crippen molar-refractivity contribution in [1.82, 2.24) is 10.2 Å². The van der Waals surface area contributed by atoms with Gasteiger partial charge in [0.2, 0.25) is 11.8 Å². The van der Waals surface area contributed by atoms with E-state index < -0.39 is 43.0 Å². The lowest BCUT2D eigenvalue weighted by Crippen LogP contribution is -2.59. The van der Waals surface area contributed by atoms with Crippen molar-refractivity contribution in [2.24, 2.45) is 0 Å². The van der Waals surface area contributed by atoms with E-state index in [4.69, 9.17) is 32.7 Å². The number of hydrogen-bond acceptors (Lipinski definition) is 5. The number of nitrogens with zero attached hydrogens (tertiary/aromatic N) is 1. The molecule has 4 atom stereocenters. The number of ether oxygens (including phenoxy) is 2. The number of piperidine rings is 1. The first-order chi connectivity index (χ1) is 23.3. The largest absolute Gasteiger partial charge is 0.444 e. The first kappa shape index (κ1) is 39.3. The number of rotatable bonds is 7. The summed E-state index contributed by atoms with van der Waals surface area (Å²) in [7, 11) is 0.798.